The molecule has 5 amide bonds. The van der Waals surface area contributed by atoms with Gasteiger partial charge >= 0.3 is 6.09 Å². The van der Waals surface area contributed by atoms with Crippen molar-refractivity contribution in [1.29, 1.82) is 0 Å². The Labute approximate surface area is 210 Å². The molecule has 1 heterocycles. The van der Waals surface area contributed by atoms with Gasteiger partial charge in [0.2, 0.25) is 11.8 Å². The highest BCUT2D eigenvalue weighted by molar-refractivity contribution is 9.10. The predicted octanol–water partition coefficient (Wildman–Crippen LogP) is 2.82. The van der Waals surface area contributed by atoms with E-state index in [0.717, 1.165) is 4.90 Å². The van der Waals surface area contributed by atoms with Crippen LogP contribution in [0.3, 0.4) is 0 Å². The fraction of sp³-hybridized carbons (Fsp3) is 0.292. The molecule has 0 atom stereocenters. The molecule has 3 N–H and O–H groups in total. The van der Waals surface area contributed by atoms with Crippen LogP contribution in [0.5, 0.6) is 0 Å². The zero-order valence-electron chi connectivity index (χ0n) is 19.4. The lowest BCUT2D eigenvalue weighted by atomic mass is 10.1. The number of hydrogen-bond donors (Lipinski definition) is 3. The van der Waals surface area contributed by atoms with E-state index in [1.165, 1.54) is 6.07 Å². The van der Waals surface area contributed by atoms with Crippen LogP contribution >= 0.6 is 15.9 Å². The topological polar surface area (TPSA) is 134 Å². The number of anilines is 1. The van der Waals surface area contributed by atoms with Crippen molar-refractivity contribution in [2.45, 2.75) is 32.9 Å². The molecule has 3 rings (SSSR count). The van der Waals surface area contributed by atoms with Gasteiger partial charge < -0.3 is 20.7 Å². The summed E-state index contributed by atoms with van der Waals surface area (Å²) in [6.07, 6.45) is -0.714. The zero-order valence-corrected chi connectivity index (χ0v) is 21.0. The maximum absolute atomic E-state index is 12.5. The van der Waals surface area contributed by atoms with E-state index in [0.29, 0.717) is 15.7 Å². The van der Waals surface area contributed by atoms with Gasteiger partial charge in [0.15, 0.2) is 0 Å². The molecule has 35 heavy (non-hydrogen) atoms. The maximum Gasteiger partial charge on any atom is 0.408 e. The number of imide groups is 1. The minimum atomic E-state index is -0.714. The molecule has 2 aromatic rings. The third kappa shape index (κ3) is 6.89. The summed E-state index contributed by atoms with van der Waals surface area (Å²) in [4.78, 5) is 62.4. The highest BCUT2D eigenvalue weighted by Crippen LogP contribution is 2.25. The number of nitrogens with one attached hydrogen (secondary N) is 3. The molecule has 0 radical (unpaired) electrons. The van der Waals surface area contributed by atoms with Gasteiger partial charge in [-0.25, -0.2) is 4.79 Å². The van der Waals surface area contributed by atoms with Gasteiger partial charge in [0.05, 0.1) is 11.1 Å². The maximum atomic E-state index is 12.5. The quantitative estimate of drug-likeness (QED) is 0.459. The molecule has 0 saturated carbocycles. The Kier molecular flexibility index (Phi) is 7.90. The highest BCUT2D eigenvalue weighted by atomic mass is 79.9. The summed E-state index contributed by atoms with van der Waals surface area (Å²) in [5, 5.41) is 7.71. The second kappa shape index (κ2) is 10.7. The van der Waals surface area contributed by atoms with Crippen LogP contribution in [0.2, 0.25) is 0 Å². The van der Waals surface area contributed by atoms with Crippen LogP contribution in [-0.2, 0) is 20.9 Å². The van der Waals surface area contributed by atoms with Gasteiger partial charge in [-0.2, -0.15) is 0 Å². The summed E-state index contributed by atoms with van der Waals surface area (Å²) in [6, 6.07) is 11.5. The molecule has 0 fully saturated rings. The largest absolute Gasteiger partial charge is 0.444 e. The molecule has 0 unspecified atom stereocenters. The fourth-order valence-electron chi connectivity index (χ4n) is 3.26. The molecular weight excluding hydrogens is 520 g/mol. The number of ether oxygens (including phenoxy) is 1. The van der Waals surface area contributed by atoms with Crippen LogP contribution in [0, 0.1) is 0 Å². The first-order valence-electron chi connectivity index (χ1n) is 10.7. The number of carbonyl (C=O) groups is 5. The number of fused-ring (bicyclic) bond motifs is 1. The van der Waals surface area contributed by atoms with E-state index in [-0.39, 0.29) is 24.2 Å². The van der Waals surface area contributed by atoms with E-state index in [9.17, 15) is 24.0 Å². The van der Waals surface area contributed by atoms with E-state index in [4.69, 9.17) is 4.74 Å². The molecular formula is C24H25BrN4O6. The molecule has 0 spiro atoms. The van der Waals surface area contributed by atoms with E-state index in [1.54, 1.807) is 57.2 Å². The van der Waals surface area contributed by atoms with Crippen LogP contribution in [0.1, 0.15) is 47.1 Å². The SMILES string of the molecule is CC(C)(C)OC(=O)NCC(=O)Nc1ccccc1CNC(=O)CN1C(=O)c2ccc(Br)cc2C1=O. The molecule has 1 aliphatic rings. The summed E-state index contributed by atoms with van der Waals surface area (Å²) in [5.41, 5.74) is 0.839. The molecule has 10 nitrogen and oxygen atoms in total. The van der Waals surface area contributed by atoms with Crippen molar-refractivity contribution in [2.24, 2.45) is 0 Å². The number of alkyl carbamates (subject to hydrolysis) is 1. The van der Waals surface area contributed by atoms with Gasteiger partial charge in [-0.05, 0) is 50.6 Å². The zero-order chi connectivity index (χ0) is 25.8. The number of nitrogens with zero attached hydrogens (tertiary/aromatic N) is 1. The van der Waals surface area contributed by atoms with E-state index in [1.807, 2.05) is 0 Å². The molecule has 1 aliphatic heterocycles. The number of benzene rings is 2. The van der Waals surface area contributed by atoms with Crippen molar-refractivity contribution in [2.75, 3.05) is 18.4 Å². The molecule has 2 aromatic carbocycles. The van der Waals surface area contributed by atoms with Crippen molar-refractivity contribution in [3.63, 3.8) is 0 Å². The molecule has 0 aliphatic carbocycles. The normalized spacial score (nSPS) is 12.7. The minimum absolute atomic E-state index is 0.0451. The fourth-order valence-corrected chi connectivity index (χ4v) is 3.62. The Morgan fingerprint density at radius 3 is 2.34 bits per heavy atom. The van der Waals surface area contributed by atoms with Crippen LogP contribution in [0.25, 0.3) is 0 Å². The predicted molar refractivity (Wildman–Crippen MR) is 131 cm³/mol. The summed E-state index contributed by atoms with van der Waals surface area (Å²) < 4.78 is 5.75. The number of para-hydroxylation sites is 1. The Morgan fingerprint density at radius 1 is 0.943 bits per heavy atom. The second-order valence-electron chi connectivity index (χ2n) is 8.72. The van der Waals surface area contributed by atoms with Gasteiger partial charge in [0, 0.05) is 16.7 Å². The third-order valence-corrected chi connectivity index (χ3v) is 5.29. The summed E-state index contributed by atoms with van der Waals surface area (Å²) in [5.74, 6) is -2.08. The minimum Gasteiger partial charge on any atom is -0.444 e. The van der Waals surface area contributed by atoms with Gasteiger partial charge in [0.1, 0.15) is 18.7 Å². The van der Waals surface area contributed by atoms with Gasteiger partial charge in [0.25, 0.3) is 11.8 Å². The lowest BCUT2D eigenvalue weighted by Crippen LogP contribution is -2.40. The lowest BCUT2D eigenvalue weighted by Gasteiger charge is -2.19. The van der Waals surface area contributed by atoms with E-state index < -0.39 is 41.9 Å². The number of hydrogen-bond acceptors (Lipinski definition) is 6. The Morgan fingerprint density at radius 2 is 1.63 bits per heavy atom. The summed E-state index contributed by atoms with van der Waals surface area (Å²) >= 11 is 3.27. The summed E-state index contributed by atoms with van der Waals surface area (Å²) in [7, 11) is 0. The van der Waals surface area contributed by atoms with Crippen molar-refractivity contribution >= 4 is 51.3 Å². The van der Waals surface area contributed by atoms with Gasteiger partial charge in [-0.1, -0.05) is 34.1 Å². The Balaban J connectivity index is 1.54. The van der Waals surface area contributed by atoms with E-state index >= 15 is 0 Å². The molecule has 11 heteroatoms. The average molecular weight is 545 g/mol. The van der Waals surface area contributed by atoms with Crippen LogP contribution in [0.15, 0.2) is 46.9 Å². The monoisotopic (exact) mass is 544 g/mol. The molecule has 0 saturated heterocycles. The van der Waals surface area contributed by atoms with Crippen molar-refractivity contribution < 1.29 is 28.7 Å². The third-order valence-electron chi connectivity index (χ3n) is 4.79. The number of carbonyl (C=O) groups excluding carboxylic acids is 5. The standard InChI is InChI=1S/C24H25BrN4O6/c1-24(2,3)35-23(34)27-12-19(30)28-18-7-5-4-6-14(18)11-26-20(31)13-29-21(32)16-9-8-15(25)10-17(16)22(29)33/h4-10H,11-13H2,1-3H3,(H,26,31)(H,27,34)(H,28,30). The van der Waals surface area contributed by atoms with Crippen LogP contribution < -0.4 is 16.0 Å². The molecule has 0 aromatic heterocycles. The van der Waals surface area contributed by atoms with Gasteiger partial charge in [-0.3, -0.25) is 24.1 Å². The Bertz CT molecular complexity index is 1190. The number of rotatable bonds is 7. The van der Waals surface area contributed by atoms with Crippen LogP contribution in [0.4, 0.5) is 10.5 Å². The number of amides is 5. The van der Waals surface area contributed by atoms with Crippen LogP contribution in [-0.4, -0.2) is 53.3 Å². The number of halogens is 1. The second-order valence-corrected chi connectivity index (χ2v) is 9.64. The lowest BCUT2D eigenvalue weighted by molar-refractivity contribution is -0.121. The van der Waals surface area contributed by atoms with E-state index in [2.05, 4.69) is 31.9 Å². The highest BCUT2D eigenvalue weighted by Gasteiger charge is 2.36. The Hall–Kier alpha value is -3.73. The van der Waals surface area contributed by atoms with Crippen molar-refractivity contribution in [1.82, 2.24) is 15.5 Å². The van der Waals surface area contributed by atoms with Gasteiger partial charge in [-0.15, -0.1) is 0 Å². The molecule has 0 bridgehead atoms. The first-order chi connectivity index (χ1) is 16.4. The first kappa shape index (κ1) is 25.9. The van der Waals surface area contributed by atoms with Crippen molar-refractivity contribution in [3.05, 3.63) is 63.6 Å². The average Bonchev–Trinajstić information content (AvgIpc) is 3.00. The smallest absolute Gasteiger partial charge is 0.408 e. The molecule has 184 valence electrons. The first-order valence-corrected chi connectivity index (χ1v) is 11.5. The summed E-state index contributed by atoms with van der Waals surface area (Å²) in [6.45, 7) is 4.45. The van der Waals surface area contributed by atoms with Crippen molar-refractivity contribution in [3.8, 4) is 0 Å².